The molecule has 2 aromatic heterocycles. The Bertz CT molecular complexity index is 1050. The van der Waals surface area contributed by atoms with E-state index in [1.165, 1.54) is 0 Å². The zero-order valence-corrected chi connectivity index (χ0v) is 14.8. The number of methoxy groups -OCH3 is 2. The number of carbonyl (C=O) groups is 1. The number of carboxylic acids is 1. The van der Waals surface area contributed by atoms with Crippen molar-refractivity contribution in [2.24, 2.45) is 0 Å². The number of rotatable bonds is 4. The van der Waals surface area contributed by atoms with E-state index in [1.54, 1.807) is 26.4 Å². The van der Waals surface area contributed by atoms with Crippen molar-refractivity contribution >= 4 is 28.6 Å². The number of nitrogens with two attached hydrogens (primary N) is 1. The van der Waals surface area contributed by atoms with Gasteiger partial charge in [-0.1, -0.05) is 0 Å². The predicted molar refractivity (Wildman–Crippen MR) is 97.4 cm³/mol. The first-order valence-corrected chi connectivity index (χ1v) is 8.25. The van der Waals surface area contributed by atoms with Crippen molar-refractivity contribution < 1.29 is 19.4 Å². The molecule has 0 atom stereocenters. The first kappa shape index (κ1) is 16.9. The molecule has 4 rings (SSSR count). The van der Waals surface area contributed by atoms with Gasteiger partial charge in [0.15, 0.2) is 17.2 Å². The molecule has 10 heteroatoms. The average molecular weight is 370 g/mol. The average Bonchev–Trinajstić information content (AvgIpc) is 3.10. The first-order chi connectivity index (χ1) is 13.0. The fourth-order valence-corrected chi connectivity index (χ4v) is 3.25. The van der Waals surface area contributed by atoms with Crippen molar-refractivity contribution in [3.05, 3.63) is 29.1 Å². The Morgan fingerprint density at radius 3 is 2.70 bits per heavy atom. The fourth-order valence-electron chi connectivity index (χ4n) is 3.25. The molecule has 1 aliphatic rings. The third-order valence-corrected chi connectivity index (χ3v) is 4.64. The highest BCUT2D eigenvalue weighted by Gasteiger charge is 2.27. The van der Waals surface area contributed by atoms with Crippen LogP contribution in [0.3, 0.4) is 0 Å². The molecule has 1 aromatic carbocycles. The summed E-state index contributed by atoms with van der Waals surface area (Å²) in [5.74, 6) is 0.756. The van der Waals surface area contributed by atoms with Crippen LogP contribution in [0.4, 0.5) is 11.8 Å². The van der Waals surface area contributed by atoms with E-state index in [-0.39, 0.29) is 5.69 Å². The van der Waals surface area contributed by atoms with E-state index in [2.05, 4.69) is 20.2 Å². The van der Waals surface area contributed by atoms with Gasteiger partial charge in [-0.25, -0.2) is 9.78 Å². The summed E-state index contributed by atoms with van der Waals surface area (Å²) in [6.07, 6.45) is 0.614. The number of anilines is 2. The molecular formula is C17H18N6O4. The van der Waals surface area contributed by atoms with Crippen molar-refractivity contribution in [1.29, 1.82) is 0 Å². The molecule has 0 unspecified atom stereocenters. The third kappa shape index (κ3) is 2.75. The standard InChI is InChI=1S/C17H18N6O4/c1-26-12-5-8-11(6-13(12)27-2)19-17(20-15(8)18)23-4-3-10-9(7-23)14(16(24)25)22-21-10/h5-6H,3-4,7H2,1-2H3,(H,21,22)(H,24,25)(H2,18,19,20). The number of hydrogen-bond acceptors (Lipinski definition) is 8. The Hall–Kier alpha value is -3.56. The van der Waals surface area contributed by atoms with Gasteiger partial charge in [-0.3, -0.25) is 5.10 Å². The van der Waals surface area contributed by atoms with E-state index in [0.717, 1.165) is 5.69 Å². The minimum absolute atomic E-state index is 0.0230. The Balaban J connectivity index is 1.76. The molecule has 3 aromatic rings. The van der Waals surface area contributed by atoms with Crippen LogP contribution in [0.2, 0.25) is 0 Å². The number of hydrogen-bond donors (Lipinski definition) is 3. The van der Waals surface area contributed by atoms with Gasteiger partial charge in [-0.2, -0.15) is 10.1 Å². The number of fused-ring (bicyclic) bond motifs is 2. The van der Waals surface area contributed by atoms with Gasteiger partial charge in [-0.15, -0.1) is 0 Å². The number of benzene rings is 1. The second-order valence-corrected chi connectivity index (χ2v) is 6.14. The largest absolute Gasteiger partial charge is 0.493 e. The zero-order valence-electron chi connectivity index (χ0n) is 14.8. The van der Waals surface area contributed by atoms with Gasteiger partial charge in [0.2, 0.25) is 5.95 Å². The van der Waals surface area contributed by atoms with E-state index in [0.29, 0.717) is 59.2 Å². The molecule has 27 heavy (non-hydrogen) atoms. The number of aromatic nitrogens is 4. The molecule has 10 nitrogen and oxygen atoms in total. The van der Waals surface area contributed by atoms with Crippen LogP contribution >= 0.6 is 0 Å². The van der Waals surface area contributed by atoms with E-state index in [9.17, 15) is 9.90 Å². The number of H-pyrrole nitrogens is 1. The lowest BCUT2D eigenvalue weighted by Gasteiger charge is -2.27. The van der Waals surface area contributed by atoms with E-state index < -0.39 is 5.97 Å². The zero-order chi connectivity index (χ0) is 19.1. The molecule has 0 fully saturated rings. The third-order valence-electron chi connectivity index (χ3n) is 4.64. The molecule has 0 saturated heterocycles. The topological polar surface area (TPSA) is 139 Å². The molecule has 1 aliphatic heterocycles. The van der Waals surface area contributed by atoms with Crippen molar-refractivity contribution in [3.8, 4) is 11.5 Å². The summed E-state index contributed by atoms with van der Waals surface area (Å²) < 4.78 is 10.6. The summed E-state index contributed by atoms with van der Waals surface area (Å²) in [6.45, 7) is 0.957. The number of nitrogen functional groups attached to an aromatic ring is 1. The van der Waals surface area contributed by atoms with Gasteiger partial charge in [0.1, 0.15) is 5.82 Å². The van der Waals surface area contributed by atoms with Gasteiger partial charge in [-0.05, 0) is 6.07 Å². The quantitative estimate of drug-likeness (QED) is 0.618. The number of aromatic amines is 1. The molecule has 3 heterocycles. The maximum Gasteiger partial charge on any atom is 0.356 e. The highest BCUT2D eigenvalue weighted by molar-refractivity contribution is 5.92. The molecule has 0 saturated carbocycles. The first-order valence-electron chi connectivity index (χ1n) is 8.25. The smallest absolute Gasteiger partial charge is 0.356 e. The Morgan fingerprint density at radius 2 is 2.00 bits per heavy atom. The molecule has 0 aliphatic carbocycles. The summed E-state index contributed by atoms with van der Waals surface area (Å²) in [7, 11) is 3.10. The lowest BCUT2D eigenvalue weighted by molar-refractivity contribution is 0.0689. The maximum absolute atomic E-state index is 11.4. The van der Waals surface area contributed by atoms with Gasteiger partial charge in [0, 0.05) is 35.7 Å². The van der Waals surface area contributed by atoms with Crippen molar-refractivity contribution in [3.63, 3.8) is 0 Å². The molecule has 0 spiro atoms. The van der Waals surface area contributed by atoms with E-state index in [4.69, 9.17) is 15.2 Å². The van der Waals surface area contributed by atoms with Crippen LogP contribution in [0, 0.1) is 0 Å². The van der Waals surface area contributed by atoms with Crippen LogP contribution in [-0.4, -0.2) is 52.0 Å². The maximum atomic E-state index is 11.4. The van der Waals surface area contributed by atoms with Crippen molar-refractivity contribution in [1.82, 2.24) is 20.2 Å². The SMILES string of the molecule is COc1cc2nc(N3CCc4[nH]nc(C(=O)O)c4C3)nc(N)c2cc1OC. The van der Waals surface area contributed by atoms with Gasteiger partial charge >= 0.3 is 5.97 Å². The van der Waals surface area contributed by atoms with Crippen LogP contribution in [-0.2, 0) is 13.0 Å². The van der Waals surface area contributed by atoms with Crippen molar-refractivity contribution in [2.45, 2.75) is 13.0 Å². The van der Waals surface area contributed by atoms with E-state index >= 15 is 0 Å². The molecular weight excluding hydrogens is 352 g/mol. The van der Waals surface area contributed by atoms with Gasteiger partial charge in [0.05, 0.1) is 26.3 Å². The summed E-state index contributed by atoms with van der Waals surface area (Å²) >= 11 is 0. The Labute approximate surface area is 153 Å². The summed E-state index contributed by atoms with van der Waals surface area (Å²) in [4.78, 5) is 22.2. The minimum atomic E-state index is -1.06. The summed E-state index contributed by atoms with van der Waals surface area (Å²) in [5, 5.41) is 16.6. The molecule has 0 amide bonds. The van der Waals surface area contributed by atoms with Crippen molar-refractivity contribution in [2.75, 3.05) is 31.4 Å². The van der Waals surface area contributed by atoms with Gasteiger partial charge < -0.3 is 25.2 Å². The highest BCUT2D eigenvalue weighted by atomic mass is 16.5. The number of ether oxygens (including phenoxy) is 2. The number of aromatic carboxylic acids is 1. The van der Waals surface area contributed by atoms with Crippen LogP contribution in [0.15, 0.2) is 12.1 Å². The minimum Gasteiger partial charge on any atom is -0.493 e. The lowest BCUT2D eigenvalue weighted by atomic mass is 10.1. The predicted octanol–water partition coefficient (Wildman–Crippen LogP) is 1.21. The van der Waals surface area contributed by atoms with Crippen LogP contribution < -0.4 is 20.1 Å². The Morgan fingerprint density at radius 1 is 1.26 bits per heavy atom. The number of nitrogens with one attached hydrogen (secondary N) is 1. The normalized spacial score (nSPS) is 13.5. The summed E-state index contributed by atoms with van der Waals surface area (Å²) in [5.41, 5.74) is 8.25. The Kier molecular flexibility index (Phi) is 3.94. The lowest BCUT2D eigenvalue weighted by Crippen LogP contribution is -2.32. The number of carboxylic acid groups (broad SMARTS) is 1. The van der Waals surface area contributed by atoms with E-state index in [1.807, 2.05) is 4.90 Å². The number of nitrogens with zero attached hydrogens (tertiary/aromatic N) is 4. The van der Waals surface area contributed by atoms with Crippen LogP contribution in [0.1, 0.15) is 21.7 Å². The van der Waals surface area contributed by atoms with Crippen LogP contribution in [0.25, 0.3) is 10.9 Å². The molecule has 0 bridgehead atoms. The highest BCUT2D eigenvalue weighted by Crippen LogP contribution is 2.34. The fraction of sp³-hybridized carbons (Fsp3) is 0.294. The monoisotopic (exact) mass is 370 g/mol. The molecule has 4 N–H and O–H groups in total. The molecule has 140 valence electrons. The van der Waals surface area contributed by atoms with Gasteiger partial charge in [0.25, 0.3) is 0 Å². The molecule has 0 radical (unpaired) electrons. The summed E-state index contributed by atoms with van der Waals surface area (Å²) in [6, 6.07) is 3.48. The van der Waals surface area contributed by atoms with Crippen LogP contribution in [0.5, 0.6) is 11.5 Å². The second kappa shape index (κ2) is 6.31. The second-order valence-electron chi connectivity index (χ2n) is 6.14.